The van der Waals surface area contributed by atoms with E-state index in [0.29, 0.717) is 5.56 Å². The molecule has 0 bridgehead atoms. The summed E-state index contributed by atoms with van der Waals surface area (Å²) in [6.45, 7) is -0.0262. The minimum absolute atomic E-state index is 0.0193. The molecule has 1 rings (SSSR count). The maximum Gasteiger partial charge on any atom is 0.107 e. The van der Waals surface area contributed by atoms with E-state index < -0.39 is 12.2 Å². The molecule has 0 saturated heterocycles. The highest BCUT2D eigenvalue weighted by Gasteiger charge is 2.17. The molecule has 0 radical (unpaired) electrons. The van der Waals surface area contributed by atoms with E-state index in [9.17, 15) is 10.2 Å². The van der Waals surface area contributed by atoms with Crippen molar-refractivity contribution in [3.05, 3.63) is 21.9 Å². The Hall–Kier alpha value is -0.460. The van der Waals surface area contributed by atoms with Gasteiger partial charge < -0.3 is 21.1 Å². The number of hydrogen-bond donors (Lipinski definition) is 4. The maximum absolute atomic E-state index is 9.49. The lowest BCUT2D eigenvalue weighted by atomic mass is 10.1. The molecule has 13 heavy (non-hydrogen) atoms. The summed E-state index contributed by atoms with van der Waals surface area (Å²) in [6.07, 6.45) is -1.90. The van der Waals surface area contributed by atoms with Gasteiger partial charge in [-0.1, -0.05) is 0 Å². The van der Waals surface area contributed by atoms with Crippen molar-refractivity contribution >= 4 is 11.3 Å². The quantitative estimate of drug-likeness (QED) is 0.536. The molecule has 1 heterocycles. The van der Waals surface area contributed by atoms with Gasteiger partial charge in [0.05, 0.1) is 12.7 Å². The van der Waals surface area contributed by atoms with Crippen molar-refractivity contribution in [3.63, 3.8) is 0 Å². The second kappa shape index (κ2) is 4.69. The average Bonchev–Trinajstić information content (AvgIpc) is 2.63. The second-order valence-corrected chi connectivity index (χ2v) is 3.75. The predicted octanol–water partition coefficient (Wildman–Crippen LogP) is -0.407. The van der Waals surface area contributed by atoms with Gasteiger partial charge in [-0.05, 0) is 17.0 Å². The first-order chi connectivity index (χ1) is 6.19. The average molecular weight is 203 g/mol. The molecule has 5 N–H and O–H groups in total. The monoisotopic (exact) mass is 203 g/mol. The van der Waals surface area contributed by atoms with Crippen molar-refractivity contribution in [3.8, 4) is 0 Å². The number of rotatable bonds is 4. The lowest BCUT2D eigenvalue weighted by Crippen LogP contribution is -2.26. The minimum Gasteiger partial charge on any atom is -0.391 e. The van der Waals surface area contributed by atoms with E-state index in [-0.39, 0.29) is 13.2 Å². The molecule has 0 saturated carbocycles. The maximum atomic E-state index is 9.49. The number of aliphatic hydroxyl groups excluding tert-OH is 3. The molecule has 0 fully saturated rings. The molecule has 4 nitrogen and oxygen atoms in total. The van der Waals surface area contributed by atoms with Gasteiger partial charge in [-0.3, -0.25) is 0 Å². The highest BCUT2D eigenvalue weighted by molar-refractivity contribution is 7.10. The van der Waals surface area contributed by atoms with E-state index in [0.717, 1.165) is 4.88 Å². The highest BCUT2D eigenvalue weighted by atomic mass is 32.1. The molecule has 0 aromatic carbocycles. The van der Waals surface area contributed by atoms with Crippen LogP contribution in [0.4, 0.5) is 0 Å². The largest absolute Gasteiger partial charge is 0.391 e. The summed E-state index contributed by atoms with van der Waals surface area (Å²) in [4.78, 5) is 0.762. The van der Waals surface area contributed by atoms with Crippen LogP contribution in [-0.4, -0.2) is 28.0 Å². The summed E-state index contributed by atoms with van der Waals surface area (Å²) in [6, 6.07) is 1.66. The van der Waals surface area contributed by atoms with Crippen LogP contribution in [0.3, 0.4) is 0 Å². The second-order valence-electron chi connectivity index (χ2n) is 2.75. The predicted molar refractivity (Wildman–Crippen MR) is 50.3 cm³/mol. The van der Waals surface area contributed by atoms with E-state index in [4.69, 9.17) is 10.8 Å². The Morgan fingerprint density at radius 2 is 2.15 bits per heavy atom. The van der Waals surface area contributed by atoms with Crippen LogP contribution in [0.5, 0.6) is 0 Å². The van der Waals surface area contributed by atoms with Crippen molar-refractivity contribution in [1.29, 1.82) is 0 Å². The highest BCUT2D eigenvalue weighted by Crippen LogP contribution is 2.22. The molecule has 0 amide bonds. The van der Waals surface area contributed by atoms with Crippen LogP contribution in [0.2, 0.25) is 0 Å². The van der Waals surface area contributed by atoms with Gasteiger partial charge in [-0.2, -0.15) is 0 Å². The van der Waals surface area contributed by atoms with Crippen LogP contribution < -0.4 is 5.73 Å². The van der Waals surface area contributed by atoms with Gasteiger partial charge in [0.2, 0.25) is 0 Å². The Balaban J connectivity index is 2.70. The van der Waals surface area contributed by atoms with Gasteiger partial charge in [0.1, 0.15) is 6.10 Å². The van der Waals surface area contributed by atoms with Gasteiger partial charge in [-0.25, -0.2) is 0 Å². The Morgan fingerprint density at radius 1 is 1.46 bits per heavy atom. The molecule has 0 aliphatic heterocycles. The molecular formula is C8H13NO3S. The third-order valence-electron chi connectivity index (χ3n) is 1.78. The van der Waals surface area contributed by atoms with Crippen LogP contribution in [0.15, 0.2) is 11.4 Å². The summed E-state index contributed by atoms with van der Waals surface area (Å²) >= 11 is 1.34. The van der Waals surface area contributed by atoms with Crippen molar-refractivity contribution in [2.24, 2.45) is 5.73 Å². The van der Waals surface area contributed by atoms with Crippen molar-refractivity contribution in [2.45, 2.75) is 18.8 Å². The Kier molecular flexibility index (Phi) is 3.83. The lowest BCUT2D eigenvalue weighted by Gasteiger charge is -2.14. The minimum atomic E-state index is -0.957. The summed E-state index contributed by atoms with van der Waals surface area (Å²) in [5.74, 6) is 0. The smallest absolute Gasteiger partial charge is 0.107 e. The summed E-state index contributed by atoms with van der Waals surface area (Å²) in [5.41, 5.74) is 5.80. The van der Waals surface area contributed by atoms with Gasteiger partial charge >= 0.3 is 0 Å². The molecule has 1 aromatic heterocycles. The number of aliphatic hydroxyl groups is 3. The van der Waals surface area contributed by atoms with Crippen LogP contribution in [0.1, 0.15) is 16.5 Å². The summed E-state index contributed by atoms with van der Waals surface area (Å²) in [7, 11) is 0. The van der Waals surface area contributed by atoms with Crippen molar-refractivity contribution in [2.75, 3.05) is 6.54 Å². The standard InChI is InChI=1S/C8H13NO3S/c9-2-7(11)8(12)5-1-6(3-10)13-4-5/h1,4,7-8,10-12H,2-3,9H2. The Bertz CT molecular complexity index is 264. The fourth-order valence-electron chi connectivity index (χ4n) is 0.987. The molecule has 1 aromatic rings. The van der Waals surface area contributed by atoms with Gasteiger partial charge in [0.25, 0.3) is 0 Å². The first-order valence-corrected chi connectivity index (χ1v) is 4.81. The van der Waals surface area contributed by atoms with E-state index in [1.54, 1.807) is 11.4 Å². The molecule has 0 aliphatic carbocycles. The summed E-state index contributed by atoms with van der Waals surface area (Å²) in [5, 5.41) is 29.2. The molecule has 2 unspecified atom stereocenters. The first kappa shape index (κ1) is 10.6. The molecule has 0 aliphatic rings. The zero-order chi connectivity index (χ0) is 9.84. The third-order valence-corrected chi connectivity index (χ3v) is 2.72. The third kappa shape index (κ3) is 2.49. The van der Waals surface area contributed by atoms with Crippen molar-refractivity contribution in [1.82, 2.24) is 0 Å². The van der Waals surface area contributed by atoms with Crippen LogP contribution in [0.25, 0.3) is 0 Å². The van der Waals surface area contributed by atoms with Gasteiger partial charge in [0, 0.05) is 11.4 Å². The number of thiophene rings is 1. The van der Waals surface area contributed by atoms with E-state index in [2.05, 4.69) is 0 Å². The van der Waals surface area contributed by atoms with Gasteiger partial charge in [-0.15, -0.1) is 11.3 Å². The SMILES string of the molecule is NCC(O)C(O)c1csc(CO)c1. The molecular weight excluding hydrogens is 190 g/mol. The lowest BCUT2D eigenvalue weighted by molar-refractivity contribution is 0.0245. The van der Waals surface area contributed by atoms with Gasteiger partial charge in [0.15, 0.2) is 0 Å². The Labute approximate surface area is 80.3 Å². The van der Waals surface area contributed by atoms with Crippen LogP contribution in [0, 0.1) is 0 Å². The summed E-state index contributed by atoms with van der Waals surface area (Å²) < 4.78 is 0. The zero-order valence-electron chi connectivity index (χ0n) is 7.05. The van der Waals surface area contributed by atoms with Crippen LogP contribution in [-0.2, 0) is 6.61 Å². The first-order valence-electron chi connectivity index (χ1n) is 3.93. The van der Waals surface area contributed by atoms with E-state index in [1.165, 1.54) is 11.3 Å². The topological polar surface area (TPSA) is 86.7 Å². The van der Waals surface area contributed by atoms with Crippen LogP contribution >= 0.6 is 11.3 Å². The normalized spacial score (nSPS) is 15.7. The number of hydrogen-bond acceptors (Lipinski definition) is 5. The zero-order valence-corrected chi connectivity index (χ0v) is 7.87. The fraction of sp³-hybridized carbons (Fsp3) is 0.500. The molecule has 2 atom stereocenters. The molecule has 74 valence electrons. The van der Waals surface area contributed by atoms with Crippen molar-refractivity contribution < 1.29 is 15.3 Å². The van der Waals surface area contributed by atoms with E-state index in [1.807, 2.05) is 0 Å². The van der Waals surface area contributed by atoms with E-state index >= 15 is 0 Å². The fourth-order valence-corrected chi connectivity index (χ4v) is 1.76. The number of nitrogens with two attached hydrogens (primary N) is 1. The molecule has 5 heteroatoms. The Morgan fingerprint density at radius 3 is 2.62 bits per heavy atom. The molecule has 0 spiro atoms.